The summed E-state index contributed by atoms with van der Waals surface area (Å²) in [7, 11) is 0. The molecule has 0 spiro atoms. The minimum atomic E-state index is -0.296. The van der Waals surface area contributed by atoms with Crippen molar-refractivity contribution >= 4 is 17.5 Å². The Morgan fingerprint density at radius 2 is 2.12 bits per heavy atom. The van der Waals surface area contributed by atoms with Crippen LogP contribution < -0.4 is 5.32 Å². The second-order valence-corrected chi connectivity index (χ2v) is 7.84. The number of rotatable bonds is 7. The van der Waals surface area contributed by atoms with Gasteiger partial charge in [-0.3, -0.25) is 9.69 Å². The van der Waals surface area contributed by atoms with E-state index in [2.05, 4.69) is 10.2 Å². The van der Waals surface area contributed by atoms with Crippen molar-refractivity contribution in [2.45, 2.75) is 51.2 Å². The fourth-order valence-electron chi connectivity index (χ4n) is 3.78. The van der Waals surface area contributed by atoms with Gasteiger partial charge in [-0.1, -0.05) is 17.7 Å². The summed E-state index contributed by atoms with van der Waals surface area (Å²) in [6, 6.07) is 4.60. The highest BCUT2D eigenvalue weighted by Crippen LogP contribution is 2.25. The van der Waals surface area contributed by atoms with Crippen molar-refractivity contribution in [1.29, 1.82) is 0 Å². The highest BCUT2D eigenvalue weighted by molar-refractivity contribution is 6.31. The largest absolute Gasteiger partial charge is 0.376 e. The predicted octanol–water partition coefficient (Wildman–Crippen LogP) is 3.77. The molecule has 0 saturated carbocycles. The van der Waals surface area contributed by atoms with E-state index in [0.717, 1.165) is 63.9 Å². The molecule has 1 N–H and O–H groups in total. The number of nitrogens with one attached hydrogen (secondary N) is 1. The van der Waals surface area contributed by atoms with Crippen molar-refractivity contribution in [3.63, 3.8) is 0 Å². The Bertz CT molecular complexity index is 599. The lowest BCUT2D eigenvalue weighted by atomic mass is 9.92. The maximum absolute atomic E-state index is 13.1. The van der Waals surface area contributed by atoms with Crippen molar-refractivity contribution in [2.24, 2.45) is 5.92 Å². The zero-order valence-corrected chi connectivity index (χ0v) is 15.9. The van der Waals surface area contributed by atoms with Crippen LogP contribution in [0.15, 0.2) is 18.2 Å². The molecule has 0 radical (unpaired) electrons. The summed E-state index contributed by atoms with van der Waals surface area (Å²) in [4.78, 5) is 14.3. The van der Waals surface area contributed by atoms with Gasteiger partial charge in [-0.05, 0) is 68.8 Å². The van der Waals surface area contributed by atoms with Crippen LogP contribution in [0.4, 0.5) is 4.39 Å². The Balaban J connectivity index is 1.32. The van der Waals surface area contributed by atoms with Crippen LogP contribution in [0.2, 0.25) is 5.02 Å². The van der Waals surface area contributed by atoms with Crippen LogP contribution in [0.3, 0.4) is 0 Å². The van der Waals surface area contributed by atoms with E-state index < -0.39 is 0 Å². The second-order valence-electron chi connectivity index (χ2n) is 7.43. The molecule has 1 amide bonds. The number of nitrogens with zero attached hydrogens (tertiary/aromatic N) is 1. The number of hydrogen-bond acceptors (Lipinski definition) is 3. The molecule has 144 valence electrons. The molecule has 3 rings (SSSR count). The third-order valence-corrected chi connectivity index (χ3v) is 5.80. The number of hydrogen-bond donors (Lipinski definition) is 1. The van der Waals surface area contributed by atoms with E-state index >= 15 is 0 Å². The maximum Gasteiger partial charge on any atom is 0.220 e. The molecule has 2 aliphatic rings. The summed E-state index contributed by atoms with van der Waals surface area (Å²) in [5.41, 5.74) is 0.972. The van der Waals surface area contributed by atoms with Gasteiger partial charge in [-0.2, -0.15) is 0 Å². The van der Waals surface area contributed by atoms with Gasteiger partial charge in [0.25, 0.3) is 0 Å². The molecule has 26 heavy (non-hydrogen) atoms. The SMILES string of the molecule is O=C(CCC1CCN(Cc2ccc(F)cc2Cl)CC1)NC[C@H]1CCCO1. The molecule has 4 nitrogen and oxygen atoms in total. The number of amides is 1. The molecule has 1 atom stereocenters. The van der Waals surface area contributed by atoms with E-state index in [9.17, 15) is 9.18 Å². The van der Waals surface area contributed by atoms with Gasteiger partial charge in [0, 0.05) is 31.1 Å². The average molecular weight is 383 g/mol. The van der Waals surface area contributed by atoms with Gasteiger partial charge >= 0.3 is 0 Å². The lowest BCUT2D eigenvalue weighted by molar-refractivity contribution is -0.122. The molecule has 2 saturated heterocycles. The fourth-order valence-corrected chi connectivity index (χ4v) is 4.01. The lowest BCUT2D eigenvalue weighted by Gasteiger charge is -2.32. The van der Waals surface area contributed by atoms with Crippen LogP contribution in [0.5, 0.6) is 0 Å². The Kier molecular flexibility index (Phi) is 7.29. The van der Waals surface area contributed by atoms with Gasteiger partial charge in [0.2, 0.25) is 5.91 Å². The Labute approximate surface area is 160 Å². The number of piperidine rings is 1. The van der Waals surface area contributed by atoms with Crippen molar-refractivity contribution < 1.29 is 13.9 Å². The zero-order chi connectivity index (χ0) is 18.4. The van der Waals surface area contributed by atoms with Crippen molar-refractivity contribution in [2.75, 3.05) is 26.2 Å². The minimum Gasteiger partial charge on any atom is -0.376 e. The first-order chi connectivity index (χ1) is 12.6. The highest BCUT2D eigenvalue weighted by atomic mass is 35.5. The number of benzene rings is 1. The van der Waals surface area contributed by atoms with Gasteiger partial charge in [0.05, 0.1) is 6.10 Å². The monoisotopic (exact) mass is 382 g/mol. The number of ether oxygens (including phenoxy) is 1. The molecule has 1 aromatic carbocycles. The van der Waals surface area contributed by atoms with Gasteiger partial charge in [0.15, 0.2) is 0 Å². The molecule has 2 aliphatic heterocycles. The molecular formula is C20H28ClFN2O2. The summed E-state index contributed by atoms with van der Waals surface area (Å²) in [6.45, 7) is 4.22. The number of halogens is 2. The number of carbonyl (C=O) groups is 1. The third kappa shape index (κ3) is 5.93. The summed E-state index contributed by atoms with van der Waals surface area (Å²) >= 11 is 6.12. The van der Waals surface area contributed by atoms with Crippen LogP contribution in [0, 0.1) is 11.7 Å². The van der Waals surface area contributed by atoms with Gasteiger partial charge in [-0.25, -0.2) is 4.39 Å². The normalized spacial score (nSPS) is 21.8. The molecule has 1 aromatic rings. The first kappa shape index (κ1) is 19.6. The topological polar surface area (TPSA) is 41.6 Å². The van der Waals surface area contributed by atoms with Crippen molar-refractivity contribution in [3.05, 3.63) is 34.6 Å². The van der Waals surface area contributed by atoms with E-state index in [1.54, 1.807) is 6.07 Å². The molecule has 0 aliphatic carbocycles. The van der Waals surface area contributed by atoms with Crippen molar-refractivity contribution in [3.8, 4) is 0 Å². The van der Waals surface area contributed by atoms with Crippen LogP contribution in [0.1, 0.15) is 44.1 Å². The second kappa shape index (κ2) is 9.67. The molecule has 2 fully saturated rings. The fraction of sp³-hybridized carbons (Fsp3) is 0.650. The summed E-state index contributed by atoms with van der Waals surface area (Å²) in [5.74, 6) is 0.444. The van der Waals surface area contributed by atoms with E-state index in [0.29, 0.717) is 23.9 Å². The Morgan fingerprint density at radius 1 is 1.31 bits per heavy atom. The van der Waals surface area contributed by atoms with E-state index in [4.69, 9.17) is 16.3 Å². The van der Waals surface area contributed by atoms with E-state index in [1.807, 2.05) is 0 Å². The van der Waals surface area contributed by atoms with Crippen molar-refractivity contribution in [1.82, 2.24) is 10.2 Å². The molecule has 6 heteroatoms. The van der Waals surface area contributed by atoms with Gasteiger partial charge in [0.1, 0.15) is 5.82 Å². The third-order valence-electron chi connectivity index (χ3n) is 5.45. The maximum atomic E-state index is 13.1. The number of likely N-dealkylation sites (tertiary alicyclic amines) is 1. The molecule has 0 bridgehead atoms. The summed E-state index contributed by atoms with van der Waals surface area (Å²) in [5, 5.41) is 3.49. The van der Waals surface area contributed by atoms with Gasteiger partial charge < -0.3 is 10.1 Å². The summed E-state index contributed by atoms with van der Waals surface area (Å²) in [6.07, 6.45) is 6.10. The molecule has 0 unspecified atom stereocenters. The lowest BCUT2D eigenvalue weighted by Crippen LogP contribution is -2.35. The quantitative estimate of drug-likeness (QED) is 0.780. The predicted molar refractivity (Wildman–Crippen MR) is 101 cm³/mol. The summed E-state index contributed by atoms with van der Waals surface area (Å²) < 4.78 is 18.7. The zero-order valence-electron chi connectivity index (χ0n) is 15.2. The molecule has 0 aromatic heterocycles. The Morgan fingerprint density at radius 3 is 2.81 bits per heavy atom. The van der Waals surface area contributed by atoms with E-state index in [1.165, 1.54) is 12.1 Å². The first-order valence-corrected chi connectivity index (χ1v) is 10.0. The van der Waals surface area contributed by atoms with Crippen LogP contribution in [0.25, 0.3) is 0 Å². The van der Waals surface area contributed by atoms with Crippen LogP contribution >= 0.6 is 11.6 Å². The number of carbonyl (C=O) groups excluding carboxylic acids is 1. The smallest absolute Gasteiger partial charge is 0.220 e. The highest BCUT2D eigenvalue weighted by Gasteiger charge is 2.21. The minimum absolute atomic E-state index is 0.140. The van der Waals surface area contributed by atoms with Gasteiger partial charge in [-0.15, -0.1) is 0 Å². The standard InChI is InChI=1S/C20H28ClFN2O2/c21-19-12-17(22)5-4-16(19)14-24-9-7-15(8-10-24)3-6-20(25)23-13-18-2-1-11-26-18/h4-5,12,15,18H,1-3,6-11,13-14H2,(H,23,25)/t18-/m1/s1. The average Bonchev–Trinajstić information content (AvgIpc) is 3.15. The van der Waals surface area contributed by atoms with Crippen LogP contribution in [-0.2, 0) is 16.1 Å². The molecule has 2 heterocycles. The van der Waals surface area contributed by atoms with Crippen LogP contribution in [-0.4, -0.2) is 43.2 Å². The van der Waals surface area contributed by atoms with E-state index in [-0.39, 0.29) is 17.8 Å². The molecular weight excluding hydrogens is 355 g/mol. The Hall–Kier alpha value is -1.17. The first-order valence-electron chi connectivity index (χ1n) is 9.65.